The highest BCUT2D eigenvalue weighted by atomic mass is 16.6. The summed E-state index contributed by atoms with van der Waals surface area (Å²) in [5, 5.41) is 10.5. The van der Waals surface area contributed by atoms with Crippen LogP contribution in [-0.2, 0) is 4.79 Å². The number of hydrogen-bond acceptors (Lipinski definition) is 5. The summed E-state index contributed by atoms with van der Waals surface area (Å²) < 4.78 is 9.97. The third-order valence-corrected chi connectivity index (χ3v) is 2.66. The molecular weight excluding hydrogens is 286 g/mol. The van der Waals surface area contributed by atoms with Gasteiger partial charge in [-0.2, -0.15) is 0 Å². The maximum atomic E-state index is 11.6. The molecule has 0 unspecified atom stereocenters. The minimum Gasteiger partial charge on any atom is -0.497 e. The van der Waals surface area contributed by atoms with Gasteiger partial charge in [-0.15, -0.1) is 0 Å². The lowest BCUT2D eigenvalue weighted by Crippen LogP contribution is -2.04. The van der Waals surface area contributed by atoms with E-state index >= 15 is 0 Å². The molecule has 0 saturated heterocycles. The van der Waals surface area contributed by atoms with Crippen LogP contribution >= 0.6 is 0 Å². The Balaban J connectivity index is 2.00. The van der Waals surface area contributed by atoms with Crippen molar-refractivity contribution in [3.05, 3.63) is 64.2 Å². The minimum absolute atomic E-state index is 0.0795. The maximum Gasteiger partial charge on any atom is 0.390 e. The molecule has 0 amide bonds. The van der Waals surface area contributed by atoms with Gasteiger partial charge in [-0.3, -0.25) is 10.1 Å². The Kier molecular flexibility index (Phi) is 4.73. The van der Waals surface area contributed by atoms with E-state index in [4.69, 9.17) is 9.47 Å². The summed E-state index contributed by atoms with van der Waals surface area (Å²) in [4.78, 5) is 21.5. The van der Waals surface area contributed by atoms with E-state index < -0.39 is 10.9 Å². The van der Waals surface area contributed by atoms with E-state index in [0.29, 0.717) is 11.3 Å². The van der Waals surface area contributed by atoms with E-state index in [1.165, 1.54) is 24.3 Å². The number of nitro benzene ring substituents is 1. The zero-order chi connectivity index (χ0) is 15.9. The van der Waals surface area contributed by atoms with Crippen molar-refractivity contribution in [2.75, 3.05) is 7.11 Å². The molecule has 0 aromatic heterocycles. The summed E-state index contributed by atoms with van der Waals surface area (Å²) in [5.74, 6) is 5.14. The molecule has 0 saturated carbocycles. The first kappa shape index (κ1) is 15.1. The molecule has 0 atom stereocenters. The van der Waals surface area contributed by atoms with Crippen LogP contribution in [-0.4, -0.2) is 18.0 Å². The molecule has 0 aliphatic rings. The fourth-order valence-corrected chi connectivity index (χ4v) is 1.57. The number of methoxy groups -OCH3 is 1. The number of nitrogens with zero attached hydrogens (tertiary/aromatic N) is 1. The molecule has 0 bridgehead atoms. The summed E-state index contributed by atoms with van der Waals surface area (Å²) in [6.07, 6.45) is 0. The van der Waals surface area contributed by atoms with Gasteiger partial charge in [-0.05, 0) is 36.4 Å². The van der Waals surface area contributed by atoms with Gasteiger partial charge in [0.2, 0.25) is 0 Å². The van der Waals surface area contributed by atoms with E-state index in [1.807, 2.05) is 0 Å². The van der Waals surface area contributed by atoms with Gasteiger partial charge in [0.25, 0.3) is 5.69 Å². The van der Waals surface area contributed by atoms with Gasteiger partial charge in [-0.25, -0.2) is 4.79 Å². The van der Waals surface area contributed by atoms with Gasteiger partial charge in [0.15, 0.2) is 0 Å². The van der Waals surface area contributed by atoms with Crippen molar-refractivity contribution in [2.45, 2.75) is 0 Å². The lowest BCUT2D eigenvalue weighted by atomic mass is 10.2. The van der Waals surface area contributed by atoms with Crippen molar-refractivity contribution in [1.29, 1.82) is 0 Å². The Labute approximate surface area is 126 Å². The molecule has 0 spiro atoms. The number of nitro groups is 1. The van der Waals surface area contributed by atoms with E-state index in [9.17, 15) is 14.9 Å². The lowest BCUT2D eigenvalue weighted by molar-refractivity contribution is -0.384. The monoisotopic (exact) mass is 297 g/mol. The lowest BCUT2D eigenvalue weighted by Gasteiger charge is -1.99. The number of ether oxygens (including phenoxy) is 2. The fourth-order valence-electron chi connectivity index (χ4n) is 1.57. The van der Waals surface area contributed by atoms with Gasteiger partial charge >= 0.3 is 5.97 Å². The van der Waals surface area contributed by atoms with Crippen molar-refractivity contribution in [3.63, 3.8) is 0 Å². The summed E-state index contributed by atoms with van der Waals surface area (Å²) >= 11 is 0. The first-order chi connectivity index (χ1) is 10.6. The first-order valence-corrected chi connectivity index (χ1v) is 6.21. The molecule has 110 valence electrons. The molecule has 6 nitrogen and oxygen atoms in total. The van der Waals surface area contributed by atoms with Gasteiger partial charge in [-0.1, -0.05) is 5.92 Å². The van der Waals surface area contributed by atoms with Crippen molar-refractivity contribution in [3.8, 4) is 23.3 Å². The molecule has 2 aromatic rings. The summed E-state index contributed by atoms with van der Waals surface area (Å²) in [6.45, 7) is 0. The van der Waals surface area contributed by atoms with Gasteiger partial charge < -0.3 is 9.47 Å². The van der Waals surface area contributed by atoms with Crippen LogP contribution in [0.2, 0.25) is 0 Å². The second-order valence-corrected chi connectivity index (χ2v) is 4.12. The van der Waals surface area contributed by atoms with E-state index in [2.05, 4.69) is 11.8 Å². The zero-order valence-corrected chi connectivity index (χ0v) is 11.6. The van der Waals surface area contributed by atoms with Gasteiger partial charge in [0, 0.05) is 23.6 Å². The Morgan fingerprint density at radius 3 is 2.18 bits per heavy atom. The molecule has 0 aliphatic carbocycles. The molecule has 0 aliphatic heterocycles. The second-order valence-electron chi connectivity index (χ2n) is 4.12. The molecule has 6 heteroatoms. The molecule has 0 fully saturated rings. The van der Waals surface area contributed by atoms with Crippen LogP contribution in [0.15, 0.2) is 48.5 Å². The average Bonchev–Trinajstić information content (AvgIpc) is 2.54. The molecule has 0 radical (unpaired) electrons. The number of carbonyl (C=O) groups excluding carboxylic acids is 1. The molecule has 22 heavy (non-hydrogen) atoms. The molecule has 0 N–H and O–H groups in total. The summed E-state index contributed by atoms with van der Waals surface area (Å²) in [5.41, 5.74) is 0.561. The number of carbonyl (C=O) groups is 1. The van der Waals surface area contributed by atoms with E-state index in [0.717, 1.165) is 0 Å². The largest absolute Gasteiger partial charge is 0.497 e. The third kappa shape index (κ3) is 4.08. The van der Waals surface area contributed by atoms with Crippen molar-refractivity contribution < 1.29 is 19.2 Å². The van der Waals surface area contributed by atoms with Crippen molar-refractivity contribution in [2.24, 2.45) is 0 Å². The smallest absolute Gasteiger partial charge is 0.390 e. The Morgan fingerprint density at radius 2 is 1.64 bits per heavy atom. The number of hydrogen-bond donors (Lipinski definition) is 0. The van der Waals surface area contributed by atoms with Crippen molar-refractivity contribution >= 4 is 11.7 Å². The molecule has 0 heterocycles. The maximum absolute atomic E-state index is 11.6. The number of esters is 1. The molecule has 2 aromatic carbocycles. The SMILES string of the molecule is COc1ccc(C#CC(=O)Oc2ccc([N+](=O)[O-])cc2)cc1. The Hall–Kier alpha value is -3.33. The highest BCUT2D eigenvalue weighted by Gasteiger charge is 2.06. The highest BCUT2D eigenvalue weighted by molar-refractivity contribution is 5.90. The van der Waals surface area contributed by atoms with Crippen molar-refractivity contribution in [1.82, 2.24) is 0 Å². The Morgan fingerprint density at radius 1 is 1.05 bits per heavy atom. The summed E-state index contributed by atoms with van der Waals surface area (Å²) in [6, 6.07) is 12.1. The quantitative estimate of drug-likeness (QED) is 0.286. The predicted octanol–water partition coefficient (Wildman–Crippen LogP) is 2.56. The van der Waals surface area contributed by atoms with Crippen LogP contribution in [0.3, 0.4) is 0 Å². The van der Waals surface area contributed by atoms with Crippen LogP contribution in [0, 0.1) is 22.0 Å². The number of benzene rings is 2. The number of non-ortho nitro benzene ring substituents is 1. The first-order valence-electron chi connectivity index (χ1n) is 6.21. The Bertz CT molecular complexity index is 739. The normalized spacial score (nSPS) is 9.32. The summed E-state index contributed by atoms with van der Waals surface area (Å²) in [7, 11) is 1.56. The fraction of sp³-hybridized carbons (Fsp3) is 0.0625. The minimum atomic E-state index is -0.746. The van der Waals surface area contributed by atoms with Gasteiger partial charge in [0.05, 0.1) is 12.0 Å². The molecular formula is C16H11NO5. The van der Waals surface area contributed by atoms with E-state index in [1.54, 1.807) is 31.4 Å². The average molecular weight is 297 g/mol. The third-order valence-electron chi connectivity index (χ3n) is 2.66. The second kappa shape index (κ2) is 6.90. The standard InChI is InChI=1S/C16H11NO5/c1-21-14-7-2-12(3-8-14)4-11-16(18)22-15-9-5-13(6-10-15)17(19)20/h2-3,5-10H,1H3. The number of rotatable bonds is 3. The van der Waals surface area contributed by atoms with Crippen LogP contribution < -0.4 is 9.47 Å². The predicted molar refractivity (Wildman–Crippen MR) is 78.6 cm³/mol. The van der Waals surface area contributed by atoms with Crippen LogP contribution in [0.4, 0.5) is 5.69 Å². The van der Waals surface area contributed by atoms with E-state index in [-0.39, 0.29) is 11.4 Å². The topological polar surface area (TPSA) is 78.7 Å². The molecule has 2 rings (SSSR count). The van der Waals surface area contributed by atoms with Crippen LogP contribution in [0.5, 0.6) is 11.5 Å². The van der Waals surface area contributed by atoms with Gasteiger partial charge in [0.1, 0.15) is 11.5 Å². The van der Waals surface area contributed by atoms with Crippen LogP contribution in [0.25, 0.3) is 0 Å². The van der Waals surface area contributed by atoms with Crippen LogP contribution in [0.1, 0.15) is 5.56 Å². The highest BCUT2D eigenvalue weighted by Crippen LogP contribution is 2.17. The zero-order valence-electron chi connectivity index (χ0n) is 11.6.